The Morgan fingerprint density at radius 2 is 1.79 bits per heavy atom. The van der Waals surface area contributed by atoms with Crippen LogP contribution >= 0.6 is 0 Å². The van der Waals surface area contributed by atoms with Gasteiger partial charge in [-0.2, -0.15) is 0 Å². The summed E-state index contributed by atoms with van der Waals surface area (Å²) in [7, 11) is 0. The first kappa shape index (κ1) is 14.1. The lowest BCUT2D eigenvalue weighted by Gasteiger charge is -2.25. The smallest absolute Gasteiger partial charge is 0.306 e. The van der Waals surface area contributed by atoms with Crippen molar-refractivity contribution >= 4 is 5.97 Å². The van der Waals surface area contributed by atoms with Crippen LogP contribution < -0.4 is 0 Å². The maximum Gasteiger partial charge on any atom is 0.306 e. The van der Waals surface area contributed by atoms with Gasteiger partial charge in [0, 0.05) is 0 Å². The van der Waals surface area contributed by atoms with Gasteiger partial charge in [-0.1, -0.05) is 43.5 Å². The van der Waals surface area contributed by atoms with E-state index in [1.165, 1.54) is 37.7 Å². The first-order valence-electron chi connectivity index (χ1n) is 7.03. The first-order chi connectivity index (χ1) is 8.99. The molecule has 0 radical (unpaired) electrons. The summed E-state index contributed by atoms with van der Waals surface area (Å²) in [6, 6.07) is 7.82. The molecule has 0 bridgehead atoms. The van der Waals surface area contributed by atoms with Gasteiger partial charge >= 0.3 is 5.97 Å². The average molecular weight is 262 g/mol. The topological polar surface area (TPSA) is 57.5 Å². The van der Waals surface area contributed by atoms with E-state index in [1.807, 2.05) is 24.3 Å². The SMILES string of the molecule is CC(O)(CC(=O)O)c1ccc(C2CCCCC2)cc1. The molecule has 1 aliphatic carbocycles. The summed E-state index contributed by atoms with van der Waals surface area (Å²) in [4.78, 5) is 10.7. The molecule has 1 aromatic carbocycles. The molecule has 1 unspecified atom stereocenters. The van der Waals surface area contributed by atoms with Crippen molar-refractivity contribution in [3.63, 3.8) is 0 Å². The number of hydrogen-bond donors (Lipinski definition) is 2. The minimum absolute atomic E-state index is 0.268. The molecule has 104 valence electrons. The second kappa shape index (κ2) is 5.74. The van der Waals surface area contributed by atoms with Crippen molar-refractivity contribution in [3.05, 3.63) is 35.4 Å². The van der Waals surface area contributed by atoms with Gasteiger partial charge in [-0.3, -0.25) is 4.79 Å². The molecule has 1 aromatic rings. The Hall–Kier alpha value is -1.35. The summed E-state index contributed by atoms with van der Waals surface area (Å²) in [5.41, 5.74) is 0.695. The van der Waals surface area contributed by atoms with Crippen LogP contribution in [-0.4, -0.2) is 16.2 Å². The zero-order valence-corrected chi connectivity index (χ0v) is 11.4. The van der Waals surface area contributed by atoms with E-state index in [0.717, 1.165) is 0 Å². The fourth-order valence-corrected chi connectivity index (χ4v) is 2.95. The van der Waals surface area contributed by atoms with Crippen molar-refractivity contribution in [2.24, 2.45) is 0 Å². The number of benzene rings is 1. The normalized spacial score (nSPS) is 19.9. The Morgan fingerprint density at radius 1 is 1.21 bits per heavy atom. The lowest BCUT2D eigenvalue weighted by Crippen LogP contribution is -2.25. The van der Waals surface area contributed by atoms with E-state index in [0.29, 0.717) is 11.5 Å². The van der Waals surface area contributed by atoms with E-state index in [1.54, 1.807) is 6.92 Å². The van der Waals surface area contributed by atoms with E-state index in [9.17, 15) is 9.90 Å². The van der Waals surface area contributed by atoms with Crippen molar-refractivity contribution in [2.45, 2.75) is 57.0 Å². The number of rotatable bonds is 4. The Labute approximate surface area is 114 Å². The number of carboxylic acids is 1. The van der Waals surface area contributed by atoms with E-state index in [-0.39, 0.29) is 6.42 Å². The van der Waals surface area contributed by atoms with Crippen LogP contribution in [0.5, 0.6) is 0 Å². The predicted octanol–water partition coefficient (Wildman–Crippen LogP) is 3.42. The van der Waals surface area contributed by atoms with Gasteiger partial charge in [-0.15, -0.1) is 0 Å². The molecule has 0 amide bonds. The summed E-state index contributed by atoms with van der Waals surface area (Å²) >= 11 is 0. The number of carbonyl (C=O) groups is 1. The van der Waals surface area contributed by atoms with Crippen molar-refractivity contribution in [3.8, 4) is 0 Å². The third-order valence-corrected chi connectivity index (χ3v) is 4.10. The lowest BCUT2D eigenvalue weighted by atomic mass is 9.83. The van der Waals surface area contributed by atoms with Crippen LogP contribution in [0.3, 0.4) is 0 Å². The fraction of sp³-hybridized carbons (Fsp3) is 0.562. The molecular weight excluding hydrogens is 240 g/mol. The monoisotopic (exact) mass is 262 g/mol. The minimum atomic E-state index is -1.29. The molecule has 2 N–H and O–H groups in total. The maximum absolute atomic E-state index is 10.7. The van der Waals surface area contributed by atoms with Gasteiger partial charge in [0.1, 0.15) is 0 Å². The molecule has 0 aliphatic heterocycles. The van der Waals surface area contributed by atoms with Crippen LogP contribution in [0.2, 0.25) is 0 Å². The highest BCUT2D eigenvalue weighted by molar-refractivity contribution is 5.68. The number of carboxylic acid groups (broad SMARTS) is 1. The van der Waals surface area contributed by atoms with Crippen LogP contribution in [0.4, 0.5) is 0 Å². The van der Waals surface area contributed by atoms with Crippen LogP contribution in [0.25, 0.3) is 0 Å². The van der Waals surface area contributed by atoms with Crippen molar-refractivity contribution in [1.29, 1.82) is 0 Å². The van der Waals surface area contributed by atoms with E-state index >= 15 is 0 Å². The largest absolute Gasteiger partial charge is 0.481 e. The summed E-state index contributed by atoms with van der Waals surface area (Å²) in [6.45, 7) is 1.55. The highest BCUT2D eigenvalue weighted by atomic mass is 16.4. The third-order valence-electron chi connectivity index (χ3n) is 4.10. The molecule has 0 saturated heterocycles. The molecule has 1 atom stereocenters. The minimum Gasteiger partial charge on any atom is -0.481 e. The highest BCUT2D eigenvalue weighted by Gasteiger charge is 2.26. The molecule has 3 nitrogen and oxygen atoms in total. The van der Waals surface area contributed by atoms with Gasteiger partial charge in [-0.05, 0) is 36.8 Å². The predicted molar refractivity (Wildman–Crippen MR) is 74.1 cm³/mol. The molecule has 2 rings (SSSR count). The molecule has 19 heavy (non-hydrogen) atoms. The van der Waals surface area contributed by atoms with Gasteiger partial charge in [-0.25, -0.2) is 0 Å². The molecule has 0 spiro atoms. The Kier molecular flexibility index (Phi) is 4.25. The quantitative estimate of drug-likeness (QED) is 0.874. The van der Waals surface area contributed by atoms with E-state index in [2.05, 4.69) is 0 Å². The Morgan fingerprint density at radius 3 is 2.32 bits per heavy atom. The highest BCUT2D eigenvalue weighted by Crippen LogP contribution is 2.34. The summed E-state index contributed by atoms with van der Waals surface area (Å²) in [6.07, 6.45) is 6.14. The molecule has 1 saturated carbocycles. The maximum atomic E-state index is 10.7. The zero-order chi connectivity index (χ0) is 13.9. The van der Waals surface area contributed by atoms with Crippen molar-refractivity contribution in [1.82, 2.24) is 0 Å². The van der Waals surface area contributed by atoms with Gasteiger partial charge in [0.25, 0.3) is 0 Å². The fourth-order valence-electron chi connectivity index (χ4n) is 2.95. The van der Waals surface area contributed by atoms with Gasteiger partial charge < -0.3 is 10.2 Å². The first-order valence-corrected chi connectivity index (χ1v) is 7.03. The van der Waals surface area contributed by atoms with Gasteiger partial charge in [0.2, 0.25) is 0 Å². The van der Waals surface area contributed by atoms with Crippen LogP contribution in [0.1, 0.15) is 62.5 Å². The second-order valence-corrected chi connectivity index (χ2v) is 5.80. The third kappa shape index (κ3) is 3.57. The summed E-state index contributed by atoms with van der Waals surface area (Å²) in [5, 5.41) is 19.0. The average Bonchev–Trinajstić information content (AvgIpc) is 2.38. The number of hydrogen-bond acceptors (Lipinski definition) is 2. The second-order valence-electron chi connectivity index (χ2n) is 5.80. The van der Waals surface area contributed by atoms with Crippen molar-refractivity contribution in [2.75, 3.05) is 0 Å². The van der Waals surface area contributed by atoms with Crippen LogP contribution in [0.15, 0.2) is 24.3 Å². The van der Waals surface area contributed by atoms with Gasteiger partial charge in [0.15, 0.2) is 0 Å². The Bertz CT molecular complexity index is 428. The van der Waals surface area contributed by atoms with Crippen LogP contribution in [0, 0.1) is 0 Å². The van der Waals surface area contributed by atoms with Crippen LogP contribution in [-0.2, 0) is 10.4 Å². The zero-order valence-electron chi connectivity index (χ0n) is 11.4. The molecule has 0 aromatic heterocycles. The molecule has 1 fully saturated rings. The van der Waals surface area contributed by atoms with Crippen molar-refractivity contribution < 1.29 is 15.0 Å². The number of aliphatic carboxylic acids is 1. The lowest BCUT2D eigenvalue weighted by molar-refractivity contribution is -0.142. The Balaban J connectivity index is 2.11. The molecule has 1 aliphatic rings. The number of aliphatic hydroxyl groups is 1. The summed E-state index contributed by atoms with van der Waals surface area (Å²) < 4.78 is 0. The van der Waals surface area contributed by atoms with Gasteiger partial charge in [0.05, 0.1) is 12.0 Å². The van der Waals surface area contributed by atoms with E-state index < -0.39 is 11.6 Å². The van der Waals surface area contributed by atoms with E-state index in [4.69, 9.17) is 5.11 Å². The summed E-state index contributed by atoms with van der Waals surface area (Å²) in [5.74, 6) is -0.353. The molecular formula is C16H22O3. The molecule has 3 heteroatoms. The molecule has 0 heterocycles. The standard InChI is InChI=1S/C16H22O3/c1-16(19,11-15(17)18)14-9-7-13(8-10-14)12-5-3-2-4-6-12/h7-10,12,19H,2-6,11H2,1H3,(H,17,18).